The van der Waals surface area contributed by atoms with Gasteiger partial charge in [-0.05, 0) is 62.0 Å². The molecule has 0 unspecified atom stereocenters. The van der Waals surface area contributed by atoms with Gasteiger partial charge in [-0.25, -0.2) is 15.0 Å². The van der Waals surface area contributed by atoms with E-state index in [4.69, 9.17) is 9.72 Å². The molecule has 11 heteroatoms. The number of fused-ring (bicyclic) bond motifs is 1. The molecule has 188 valence electrons. The van der Waals surface area contributed by atoms with E-state index in [1.807, 2.05) is 30.3 Å². The SMILES string of the molecule is COc1ccc(CC2CCNCC2)c(Nc2nc3ccccc3nc2NS(=O)(=O)c2cn(C)cn2)c1. The van der Waals surface area contributed by atoms with Crippen LogP contribution >= 0.6 is 0 Å². The average molecular weight is 508 g/mol. The smallest absolute Gasteiger partial charge is 0.282 e. The number of nitrogens with zero attached hydrogens (tertiary/aromatic N) is 4. The van der Waals surface area contributed by atoms with Gasteiger partial charge in [-0.3, -0.25) is 4.72 Å². The van der Waals surface area contributed by atoms with Crippen molar-refractivity contribution in [1.29, 1.82) is 0 Å². The first-order chi connectivity index (χ1) is 17.4. The quantitative estimate of drug-likeness (QED) is 0.331. The van der Waals surface area contributed by atoms with Crippen LogP contribution in [0, 0.1) is 5.92 Å². The minimum Gasteiger partial charge on any atom is -0.497 e. The Labute approximate surface area is 210 Å². The molecule has 0 radical (unpaired) electrons. The van der Waals surface area contributed by atoms with E-state index in [0.717, 1.165) is 43.6 Å². The Morgan fingerprint density at radius 3 is 2.47 bits per heavy atom. The van der Waals surface area contributed by atoms with E-state index in [9.17, 15) is 8.42 Å². The third-order valence-corrected chi connectivity index (χ3v) is 7.52. The number of ether oxygens (including phenoxy) is 1. The molecule has 1 aliphatic rings. The van der Waals surface area contributed by atoms with Crippen LogP contribution in [0.1, 0.15) is 18.4 Å². The fourth-order valence-corrected chi connectivity index (χ4v) is 5.36. The Morgan fingerprint density at radius 1 is 1.08 bits per heavy atom. The zero-order valence-corrected chi connectivity index (χ0v) is 21.0. The van der Waals surface area contributed by atoms with Crippen LogP contribution < -0.4 is 20.1 Å². The second-order valence-electron chi connectivity index (χ2n) is 8.94. The van der Waals surface area contributed by atoms with Crippen LogP contribution in [0.3, 0.4) is 0 Å². The van der Waals surface area contributed by atoms with Crippen LogP contribution in [-0.4, -0.2) is 48.1 Å². The monoisotopic (exact) mass is 507 g/mol. The Hall–Kier alpha value is -3.70. The summed E-state index contributed by atoms with van der Waals surface area (Å²) in [6.45, 7) is 2.03. The predicted octanol–water partition coefficient (Wildman–Crippen LogP) is 3.46. The number of sulfonamides is 1. The number of imidazole rings is 1. The van der Waals surface area contributed by atoms with Crippen molar-refractivity contribution in [3.05, 3.63) is 60.6 Å². The Morgan fingerprint density at radius 2 is 1.81 bits per heavy atom. The fourth-order valence-electron chi connectivity index (χ4n) is 4.37. The number of rotatable bonds is 8. The average Bonchev–Trinajstić information content (AvgIpc) is 3.33. The van der Waals surface area contributed by atoms with Gasteiger partial charge in [0.15, 0.2) is 16.7 Å². The lowest BCUT2D eigenvalue weighted by Crippen LogP contribution is -2.28. The van der Waals surface area contributed by atoms with Gasteiger partial charge in [0.1, 0.15) is 5.75 Å². The van der Waals surface area contributed by atoms with E-state index in [2.05, 4.69) is 31.4 Å². The van der Waals surface area contributed by atoms with Gasteiger partial charge >= 0.3 is 0 Å². The Balaban J connectivity index is 1.54. The van der Waals surface area contributed by atoms with E-state index in [1.165, 1.54) is 12.5 Å². The van der Waals surface area contributed by atoms with Crippen LogP contribution in [0.2, 0.25) is 0 Å². The zero-order valence-electron chi connectivity index (χ0n) is 20.2. The number of aryl methyl sites for hydroxylation is 1. The summed E-state index contributed by atoms with van der Waals surface area (Å²) < 4.78 is 35.8. The highest BCUT2D eigenvalue weighted by molar-refractivity contribution is 7.92. The highest BCUT2D eigenvalue weighted by atomic mass is 32.2. The van der Waals surface area contributed by atoms with Crippen molar-refractivity contribution in [3.8, 4) is 5.75 Å². The molecule has 1 fully saturated rings. The lowest BCUT2D eigenvalue weighted by Gasteiger charge is -2.24. The first-order valence-corrected chi connectivity index (χ1v) is 13.3. The number of benzene rings is 2. The maximum Gasteiger partial charge on any atom is 0.282 e. The highest BCUT2D eigenvalue weighted by Crippen LogP contribution is 2.32. The van der Waals surface area contributed by atoms with Gasteiger partial charge in [0.2, 0.25) is 0 Å². The number of aromatic nitrogens is 4. The Bertz CT molecular complexity index is 1480. The fraction of sp³-hybridized carbons (Fsp3) is 0.320. The summed E-state index contributed by atoms with van der Waals surface area (Å²) in [5.74, 6) is 1.64. The molecule has 0 spiro atoms. The van der Waals surface area contributed by atoms with Crippen molar-refractivity contribution < 1.29 is 13.2 Å². The maximum absolute atomic E-state index is 13.1. The standard InChI is InChI=1S/C25H29N7O3S/c1-32-15-23(27-16-32)36(33,34)31-25-24(28-20-5-3-4-6-21(20)29-25)30-22-14-19(35-2)8-7-18(22)13-17-9-11-26-12-10-17/h3-8,14-17,26H,9-13H2,1-2H3,(H,28,30)(H,29,31). The van der Waals surface area contributed by atoms with Crippen LogP contribution in [0.25, 0.3) is 11.0 Å². The molecule has 0 amide bonds. The van der Waals surface area contributed by atoms with Gasteiger partial charge in [0.25, 0.3) is 10.0 Å². The van der Waals surface area contributed by atoms with Gasteiger partial charge in [0, 0.05) is 25.0 Å². The number of nitrogens with one attached hydrogen (secondary N) is 3. The minimum absolute atomic E-state index is 0.0926. The van der Waals surface area contributed by atoms with Crippen molar-refractivity contribution in [2.24, 2.45) is 13.0 Å². The van der Waals surface area contributed by atoms with Crippen molar-refractivity contribution >= 4 is 38.4 Å². The van der Waals surface area contributed by atoms with Crippen molar-refractivity contribution in [1.82, 2.24) is 24.8 Å². The molecule has 1 aliphatic heterocycles. The maximum atomic E-state index is 13.1. The molecular formula is C25H29N7O3S. The normalized spacial score (nSPS) is 14.6. The zero-order chi connectivity index (χ0) is 25.1. The van der Waals surface area contributed by atoms with Crippen molar-refractivity contribution in [2.75, 3.05) is 30.2 Å². The van der Waals surface area contributed by atoms with E-state index >= 15 is 0 Å². The molecule has 3 N–H and O–H groups in total. The molecule has 36 heavy (non-hydrogen) atoms. The summed E-state index contributed by atoms with van der Waals surface area (Å²) in [4.78, 5) is 13.3. The first kappa shape index (κ1) is 24.0. The van der Waals surface area contributed by atoms with Gasteiger partial charge in [-0.15, -0.1) is 0 Å². The molecule has 5 rings (SSSR count). The molecule has 2 aromatic heterocycles. The summed E-state index contributed by atoms with van der Waals surface area (Å²) in [6, 6.07) is 13.2. The summed E-state index contributed by atoms with van der Waals surface area (Å²) >= 11 is 0. The highest BCUT2D eigenvalue weighted by Gasteiger charge is 2.22. The number of hydrogen-bond donors (Lipinski definition) is 3. The van der Waals surface area contributed by atoms with Crippen LogP contribution in [0.5, 0.6) is 5.75 Å². The third-order valence-electron chi connectivity index (χ3n) is 6.30. The molecule has 2 aromatic carbocycles. The topological polar surface area (TPSA) is 123 Å². The van der Waals surface area contributed by atoms with Gasteiger partial charge in [0.05, 0.1) is 24.5 Å². The molecule has 0 bridgehead atoms. The number of methoxy groups -OCH3 is 1. The molecular weight excluding hydrogens is 478 g/mol. The molecule has 0 atom stereocenters. The van der Waals surface area contributed by atoms with Crippen LogP contribution in [-0.2, 0) is 23.5 Å². The number of piperidine rings is 1. The van der Waals surface area contributed by atoms with Gasteiger partial charge in [-0.2, -0.15) is 8.42 Å². The number of anilines is 3. The van der Waals surface area contributed by atoms with Gasteiger partial charge < -0.3 is 19.9 Å². The second-order valence-corrected chi connectivity index (χ2v) is 10.6. The van der Waals surface area contributed by atoms with E-state index in [1.54, 1.807) is 24.8 Å². The molecule has 10 nitrogen and oxygen atoms in total. The summed E-state index contributed by atoms with van der Waals surface area (Å²) in [6.07, 6.45) is 5.98. The third kappa shape index (κ3) is 5.26. The summed E-state index contributed by atoms with van der Waals surface area (Å²) in [7, 11) is -0.649. The van der Waals surface area contributed by atoms with Gasteiger partial charge in [-0.1, -0.05) is 18.2 Å². The molecule has 3 heterocycles. The molecule has 0 aliphatic carbocycles. The first-order valence-electron chi connectivity index (χ1n) is 11.8. The molecule has 1 saturated heterocycles. The molecule has 4 aromatic rings. The minimum atomic E-state index is -3.98. The van der Waals surface area contributed by atoms with Crippen LogP contribution in [0.4, 0.5) is 17.3 Å². The Kier molecular flexibility index (Phi) is 6.75. The van der Waals surface area contributed by atoms with Crippen molar-refractivity contribution in [3.63, 3.8) is 0 Å². The van der Waals surface area contributed by atoms with E-state index in [0.29, 0.717) is 28.5 Å². The van der Waals surface area contributed by atoms with Crippen molar-refractivity contribution in [2.45, 2.75) is 24.3 Å². The second kappa shape index (κ2) is 10.1. The predicted molar refractivity (Wildman–Crippen MR) is 139 cm³/mol. The summed E-state index contributed by atoms with van der Waals surface area (Å²) in [5.41, 5.74) is 3.12. The van der Waals surface area contributed by atoms with Crippen LogP contribution in [0.15, 0.2) is 60.0 Å². The molecule has 0 saturated carbocycles. The van der Waals surface area contributed by atoms with E-state index in [-0.39, 0.29) is 10.8 Å². The number of para-hydroxylation sites is 2. The lowest BCUT2D eigenvalue weighted by molar-refractivity contribution is 0.372. The summed E-state index contributed by atoms with van der Waals surface area (Å²) in [5, 5.41) is 6.67. The lowest BCUT2D eigenvalue weighted by atomic mass is 9.90. The van der Waals surface area contributed by atoms with E-state index < -0.39 is 10.0 Å². The largest absolute Gasteiger partial charge is 0.497 e. The number of hydrogen-bond acceptors (Lipinski definition) is 8.